The third kappa shape index (κ3) is 3.45. The van der Waals surface area contributed by atoms with E-state index >= 15 is 0 Å². The van der Waals surface area contributed by atoms with Gasteiger partial charge in [-0.1, -0.05) is 24.3 Å². The Balaban J connectivity index is 1.53. The largest absolute Gasteiger partial charge is 0.508 e. The number of methoxy groups -OCH3 is 1. The number of fused-ring (bicyclic) bond motifs is 2. The minimum Gasteiger partial charge on any atom is -0.508 e. The second kappa shape index (κ2) is 7.80. The molecule has 5 rings (SSSR count). The van der Waals surface area contributed by atoms with Gasteiger partial charge in [0.05, 0.1) is 29.6 Å². The van der Waals surface area contributed by atoms with Gasteiger partial charge in [0.25, 0.3) is 17.7 Å². The molecule has 0 aromatic heterocycles. The number of phenolic OH excluding ortho intramolecular Hbond substituents is 1. The summed E-state index contributed by atoms with van der Waals surface area (Å²) in [5.74, 6) is -1.02. The van der Waals surface area contributed by atoms with Gasteiger partial charge in [0.15, 0.2) is 0 Å². The molecular formula is C26H18N2O5. The first-order chi connectivity index (χ1) is 16.0. The predicted octanol–water partition coefficient (Wildman–Crippen LogP) is 4.61. The van der Waals surface area contributed by atoms with Crippen LogP contribution < -0.4 is 15.0 Å². The van der Waals surface area contributed by atoms with Gasteiger partial charge in [0.1, 0.15) is 11.5 Å². The van der Waals surface area contributed by atoms with Gasteiger partial charge in [0.2, 0.25) is 0 Å². The summed E-state index contributed by atoms with van der Waals surface area (Å²) in [7, 11) is 1.53. The fraction of sp³-hybridized carbons (Fsp3) is 0.0385. The van der Waals surface area contributed by atoms with Crippen LogP contribution in [0.3, 0.4) is 0 Å². The zero-order valence-corrected chi connectivity index (χ0v) is 17.5. The molecule has 4 aromatic carbocycles. The molecule has 0 unspecified atom stereocenters. The van der Waals surface area contributed by atoms with E-state index in [-0.39, 0.29) is 28.3 Å². The van der Waals surface area contributed by atoms with Crippen molar-refractivity contribution in [1.29, 1.82) is 0 Å². The molecule has 3 amide bonds. The summed E-state index contributed by atoms with van der Waals surface area (Å²) in [5, 5.41) is 14.5. The van der Waals surface area contributed by atoms with E-state index in [1.807, 2.05) is 24.3 Å². The van der Waals surface area contributed by atoms with Gasteiger partial charge < -0.3 is 15.2 Å². The normalized spacial score (nSPS) is 12.7. The van der Waals surface area contributed by atoms with Crippen molar-refractivity contribution in [1.82, 2.24) is 0 Å². The molecule has 4 aromatic rings. The van der Waals surface area contributed by atoms with Crippen molar-refractivity contribution >= 4 is 39.9 Å². The number of hydrogen-bond donors (Lipinski definition) is 2. The first-order valence-corrected chi connectivity index (χ1v) is 10.2. The van der Waals surface area contributed by atoms with Crippen LogP contribution in [0, 0.1) is 0 Å². The number of rotatable bonds is 4. The minimum atomic E-state index is -0.522. The van der Waals surface area contributed by atoms with Crippen LogP contribution in [-0.2, 0) is 0 Å². The number of carbonyl (C=O) groups excluding carboxylic acids is 3. The highest BCUT2D eigenvalue weighted by Crippen LogP contribution is 2.37. The Bertz CT molecular complexity index is 1390. The predicted molar refractivity (Wildman–Crippen MR) is 124 cm³/mol. The molecule has 7 nitrogen and oxygen atoms in total. The molecule has 0 aliphatic carbocycles. The zero-order chi connectivity index (χ0) is 23.1. The van der Waals surface area contributed by atoms with Gasteiger partial charge in [0, 0.05) is 11.6 Å². The lowest BCUT2D eigenvalue weighted by molar-refractivity contribution is 0.0924. The van der Waals surface area contributed by atoms with Gasteiger partial charge in [-0.2, -0.15) is 0 Å². The fourth-order valence-corrected chi connectivity index (χ4v) is 3.89. The summed E-state index contributed by atoms with van der Waals surface area (Å²) in [6.07, 6.45) is 0. The van der Waals surface area contributed by atoms with Crippen LogP contribution in [0.25, 0.3) is 10.8 Å². The first kappa shape index (κ1) is 20.3. The Morgan fingerprint density at radius 2 is 1.45 bits per heavy atom. The van der Waals surface area contributed by atoms with E-state index in [0.717, 1.165) is 15.7 Å². The Labute approximate surface area is 188 Å². The van der Waals surface area contributed by atoms with Gasteiger partial charge >= 0.3 is 0 Å². The average molecular weight is 438 g/mol. The Morgan fingerprint density at radius 1 is 0.848 bits per heavy atom. The maximum absolute atomic E-state index is 13.2. The van der Waals surface area contributed by atoms with E-state index in [9.17, 15) is 19.5 Å². The van der Waals surface area contributed by atoms with E-state index in [0.29, 0.717) is 11.3 Å². The number of carbonyl (C=O) groups is 3. The summed E-state index contributed by atoms with van der Waals surface area (Å²) < 4.78 is 5.11. The summed E-state index contributed by atoms with van der Waals surface area (Å²) in [4.78, 5) is 40.3. The molecule has 162 valence electrons. The zero-order valence-electron chi connectivity index (χ0n) is 17.5. The molecule has 7 heteroatoms. The highest BCUT2D eigenvalue weighted by atomic mass is 16.5. The molecule has 0 fully saturated rings. The maximum atomic E-state index is 13.2. The number of imide groups is 1. The summed E-state index contributed by atoms with van der Waals surface area (Å²) in [6.45, 7) is 0. The van der Waals surface area contributed by atoms with Gasteiger partial charge in [-0.3, -0.25) is 14.4 Å². The van der Waals surface area contributed by atoms with Crippen molar-refractivity contribution in [3.05, 3.63) is 95.6 Å². The number of hydrogen-bond acceptors (Lipinski definition) is 5. The molecule has 33 heavy (non-hydrogen) atoms. The maximum Gasteiger partial charge on any atom is 0.266 e. The molecule has 0 saturated heterocycles. The molecular weight excluding hydrogens is 420 g/mol. The summed E-state index contributed by atoms with van der Waals surface area (Å²) >= 11 is 0. The van der Waals surface area contributed by atoms with Crippen LogP contribution in [0.2, 0.25) is 0 Å². The molecule has 0 atom stereocenters. The van der Waals surface area contributed by atoms with Crippen LogP contribution in [0.15, 0.2) is 78.9 Å². The quantitative estimate of drug-likeness (QED) is 0.358. The minimum absolute atomic E-state index is 0.0899. The molecule has 1 aliphatic rings. The number of anilines is 2. The van der Waals surface area contributed by atoms with E-state index in [1.165, 1.54) is 25.3 Å². The standard InChI is InChI=1S/C26H18N2O5/c1-33-19-9-6-15(7-10-19)24(30)27-22-11-8-18(29)14-23(22)28-25(31)20-12-16-4-2-3-5-17(16)13-21(20)26(28)32/h2-14,29H,1H3,(H,27,30). The second-order valence-corrected chi connectivity index (χ2v) is 7.57. The smallest absolute Gasteiger partial charge is 0.266 e. The lowest BCUT2D eigenvalue weighted by Gasteiger charge is -2.19. The second-order valence-electron chi connectivity index (χ2n) is 7.57. The van der Waals surface area contributed by atoms with Gasteiger partial charge in [-0.25, -0.2) is 4.90 Å². The molecule has 0 saturated carbocycles. The third-order valence-electron chi connectivity index (χ3n) is 5.58. The van der Waals surface area contributed by atoms with E-state index in [4.69, 9.17) is 4.74 Å². The van der Waals surface area contributed by atoms with Crippen molar-refractivity contribution in [2.24, 2.45) is 0 Å². The third-order valence-corrected chi connectivity index (χ3v) is 5.58. The highest BCUT2D eigenvalue weighted by Gasteiger charge is 2.38. The lowest BCUT2D eigenvalue weighted by atomic mass is 10.0. The number of aromatic hydroxyl groups is 1. The van der Waals surface area contributed by atoms with Crippen LogP contribution >= 0.6 is 0 Å². The fourth-order valence-electron chi connectivity index (χ4n) is 3.89. The van der Waals surface area contributed by atoms with E-state index in [1.54, 1.807) is 36.4 Å². The summed E-state index contributed by atoms with van der Waals surface area (Å²) in [6, 6.07) is 21.4. The van der Waals surface area contributed by atoms with Crippen molar-refractivity contribution < 1.29 is 24.2 Å². The topological polar surface area (TPSA) is 95.9 Å². The molecule has 1 heterocycles. The lowest BCUT2D eigenvalue weighted by Crippen LogP contribution is -2.30. The molecule has 0 spiro atoms. The van der Waals surface area contributed by atoms with Gasteiger partial charge in [-0.05, 0) is 59.3 Å². The SMILES string of the molecule is COc1ccc(C(=O)Nc2ccc(O)cc2N2C(=O)c3cc4ccccc4cc3C2=O)cc1. The number of amides is 3. The monoisotopic (exact) mass is 438 g/mol. The van der Waals surface area contributed by atoms with Crippen molar-refractivity contribution in [3.63, 3.8) is 0 Å². The van der Waals surface area contributed by atoms with Crippen LogP contribution in [-0.4, -0.2) is 29.9 Å². The Morgan fingerprint density at radius 3 is 2.03 bits per heavy atom. The summed E-state index contributed by atoms with van der Waals surface area (Å²) in [5.41, 5.74) is 1.21. The molecule has 2 N–H and O–H groups in total. The number of ether oxygens (including phenoxy) is 1. The van der Waals surface area contributed by atoms with Crippen molar-refractivity contribution in [3.8, 4) is 11.5 Å². The van der Waals surface area contributed by atoms with Crippen LogP contribution in [0.1, 0.15) is 31.1 Å². The van der Waals surface area contributed by atoms with Crippen molar-refractivity contribution in [2.75, 3.05) is 17.3 Å². The van der Waals surface area contributed by atoms with Gasteiger partial charge in [-0.15, -0.1) is 0 Å². The highest BCUT2D eigenvalue weighted by molar-refractivity contribution is 6.36. The molecule has 1 aliphatic heterocycles. The van der Waals surface area contributed by atoms with E-state index < -0.39 is 17.7 Å². The molecule has 0 radical (unpaired) electrons. The number of phenols is 1. The van der Waals surface area contributed by atoms with E-state index in [2.05, 4.69) is 5.32 Å². The van der Waals surface area contributed by atoms with Crippen molar-refractivity contribution in [2.45, 2.75) is 0 Å². The van der Waals surface area contributed by atoms with Crippen LogP contribution in [0.4, 0.5) is 11.4 Å². The number of benzene rings is 4. The molecule has 0 bridgehead atoms. The average Bonchev–Trinajstić information content (AvgIpc) is 3.08. The Kier molecular flexibility index (Phi) is 4.79. The Hall–Kier alpha value is -4.65. The number of nitrogens with zero attached hydrogens (tertiary/aromatic N) is 1. The van der Waals surface area contributed by atoms with Crippen LogP contribution in [0.5, 0.6) is 11.5 Å². The first-order valence-electron chi connectivity index (χ1n) is 10.2. The number of nitrogens with one attached hydrogen (secondary N) is 1.